The van der Waals surface area contributed by atoms with Gasteiger partial charge in [0.2, 0.25) is 11.8 Å². The summed E-state index contributed by atoms with van der Waals surface area (Å²) in [6.07, 6.45) is 9.54. The number of allylic oxidation sites excluding steroid dienone is 2. The molecule has 2 saturated heterocycles. The van der Waals surface area contributed by atoms with E-state index < -0.39 is 47.3 Å². The van der Waals surface area contributed by atoms with Crippen LogP contribution in [0.1, 0.15) is 103 Å². The summed E-state index contributed by atoms with van der Waals surface area (Å²) in [5, 5.41) is 5.89. The molecule has 5 aliphatic rings. The van der Waals surface area contributed by atoms with Crippen molar-refractivity contribution in [3.8, 4) is 0 Å². The first-order valence-electron chi connectivity index (χ1n) is 19.5. The van der Waals surface area contributed by atoms with E-state index >= 15 is 0 Å². The van der Waals surface area contributed by atoms with Gasteiger partial charge in [0.15, 0.2) is 5.78 Å². The molecule has 13 heteroatoms. The number of nitrogens with zero attached hydrogens (tertiary/aromatic N) is 3. The summed E-state index contributed by atoms with van der Waals surface area (Å²) in [6, 6.07) is 2.80. The summed E-state index contributed by atoms with van der Waals surface area (Å²) in [5.74, 6) is -1.36. The molecule has 2 N–H and O–H groups in total. The largest absolute Gasteiger partial charge is 0.444 e. The molecule has 0 radical (unpaired) electrons. The average Bonchev–Trinajstić information content (AvgIpc) is 3.40. The van der Waals surface area contributed by atoms with E-state index in [1.54, 1.807) is 32.9 Å². The Morgan fingerprint density at radius 1 is 1.02 bits per heavy atom. The zero-order valence-electron chi connectivity index (χ0n) is 31.5. The smallest absolute Gasteiger partial charge is 0.410 e. The van der Waals surface area contributed by atoms with Crippen LogP contribution in [0.2, 0.25) is 0 Å². The topological polar surface area (TPSA) is 138 Å². The predicted octanol–water partition coefficient (Wildman–Crippen LogP) is 5.23. The number of ketones is 1. The van der Waals surface area contributed by atoms with Crippen LogP contribution in [0.15, 0.2) is 30.4 Å². The quantitative estimate of drug-likeness (QED) is 0.379. The van der Waals surface area contributed by atoms with Gasteiger partial charge in [-0.05, 0) is 89.9 Å². The highest BCUT2D eigenvalue weighted by Gasteiger charge is 2.60. The molecule has 4 heterocycles. The summed E-state index contributed by atoms with van der Waals surface area (Å²) in [6.45, 7) is 8.72. The molecule has 4 amide bonds. The van der Waals surface area contributed by atoms with Crippen molar-refractivity contribution in [2.45, 2.75) is 128 Å². The molecule has 6 rings (SSSR count). The second-order valence-corrected chi connectivity index (χ2v) is 16.5. The molecular formula is C40H56FN5O7. The lowest BCUT2D eigenvalue weighted by Gasteiger charge is -2.30. The molecule has 1 aromatic rings. The SMILES string of the molecule is CC(C)(C)OC(=O)N[C@H]1CCCCC/C=C\[C@@H]2C[C@@]2(C(=O)NCCN2CCCCC2)CC(=O)[C@@H]2C[C@@H](OC(=O)N3Cc4cccc(F)c4C3)CN2C1=O. The van der Waals surface area contributed by atoms with Crippen molar-refractivity contribution in [3.63, 3.8) is 0 Å². The molecule has 12 nitrogen and oxygen atoms in total. The maximum absolute atomic E-state index is 14.5. The summed E-state index contributed by atoms with van der Waals surface area (Å²) in [4.78, 5) is 74.3. The zero-order valence-corrected chi connectivity index (χ0v) is 31.5. The van der Waals surface area contributed by atoms with Gasteiger partial charge in [0.05, 0.1) is 24.5 Å². The number of fused-ring (bicyclic) bond motifs is 3. The van der Waals surface area contributed by atoms with Crippen LogP contribution in [-0.4, -0.2) is 101 Å². The highest BCUT2D eigenvalue weighted by Crippen LogP contribution is 2.57. The molecule has 5 atom stereocenters. The van der Waals surface area contributed by atoms with Gasteiger partial charge in [-0.25, -0.2) is 14.0 Å². The Kier molecular flexibility index (Phi) is 12.1. The Hall–Kier alpha value is -4.00. The number of rotatable bonds is 6. The Bertz CT molecular complexity index is 1570. The monoisotopic (exact) mass is 737 g/mol. The van der Waals surface area contributed by atoms with Gasteiger partial charge in [0, 0.05) is 38.0 Å². The number of carbonyl (C=O) groups excluding carboxylic acids is 5. The minimum Gasteiger partial charge on any atom is -0.444 e. The summed E-state index contributed by atoms with van der Waals surface area (Å²) < 4.78 is 25.9. The predicted molar refractivity (Wildman–Crippen MR) is 195 cm³/mol. The number of hydrogen-bond donors (Lipinski definition) is 2. The second-order valence-electron chi connectivity index (χ2n) is 16.5. The first-order valence-corrected chi connectivity index (χ1v) is 19.5. The van der Waals surface area contributed by atoms with Gasteiger partial charge in [0.1, 0.15) is 23.6 Å². The summed E-state index contributed by atoms with van der Waals surface area (Å²) >= 11 is 0. The van der Waals surface area contributed by atoms with E-state index in [9.17, 15) is 28.4 Å². The number of Topliss-reactive ketones (excluding diaryl/α,β-unsaturated/α-hetero) is 1. The lowest BCUT2D eigenvalue weighted by molar-refractivity contribution is -0.140. The molecular weight excluding hydrogens is 681 g/mol. The van der Waals surface area contributed by atoms with Crippen molar-refractivity contribution in [2.75, 3.05) is 32.7 Å². The van der Waals surface area contributed by atoms with Crippen LogP contribution < -0.4 is 10.6 Å². The third-order valence-corrected chi connectivity index (χ3v) is 11.3. The van der Waals surface area contributed by atoms with Gasteiger partial charge < -0.3 is 29.9 Å². The van der Waals surface area contributed by atoms with Gasteiger partial charge in [-0.1, -0.05) is 43.5 Å². The van der Waals surface area contributed by atoms with E-state index in [1.165, 1.54) is 22.3 Å². The number of carbonyl (C=O) groups is 5. The van der Waals surface area contributed by atoms with Gasteiger partial charge >= 0.3 is 12.2 Å². The molecule has 290 valence electrons. The maximum atomic E-state index is 14.5. The molecule has 0 bridgehead atoms. The molecule has 0 spiro atoms. The number of ether oxygens (including phenoxy) is 2. The Labute approximate surface area is 312 Å². The van der Waals surface area contributed by atoms with E-state index in [-0.39, 0.29) is 55.9 Å². The highest BCUT2D eigenvalue weighted by molar-refractivity contribution is 5.97. The first-order chi connectivity index (χ1) is 25.3. The van der Waals surface area contributed by atoms with Crippen LogP contribution in [0.3, 0.4) is 0 Å². The number of benzene rings is 1. The van der Waals surface area contributed by atoms with Gasteiger partial charge in [-0.2, -0.15) is 0 Å². The van der Waals surface area contributed by atoms with E-state index in [4.69, 9.17) is 9.47 Å². The third-order valence-electron chi connectivity index (χ3n) is 11.3. The highest BCUT2D eigenvalue weighted by atomic mass is 19.1. The minimum absolute atomic E-state index is 0.0534. The fourth-order valence-electron chi connectivity index (χ4n) is 8.36. The van der Waals surface area contributed by atoms with Gasteiger partial charge in [-0.15, -0.1) is 0 Å². The van der Waals surface area contributed by atoms with Crippen molar-refractivity contribution < 1.29 is 37.8 Å². The van der Waals surface area contributed by atoms with Crippen LogP contribution in [-0.2, 0) is 36.9 Å². The molecule has 1 aromatic carbocycles. The fourth-order valence-corrected chi connectivity index (χ4v) is 8.36. The number of amides is 4. The molecule has 1 aliphatic carbocycles. The van der Waals surface area contributed by atoms with E-state index in [1.807, 2.05) is 0 Å². The van der Waals surface area contributed by atoms with Crippen molar-refractivity contribution in [2.24, 2.45) is 11.3 Å². The molecule has 0 unspecified atom stereocenters. The number of alkyl carbamates (subject to hydrolysis) is 1. The summed E-state index contributed by atoms with van der Waals surface area (Å²) in [7, 11) is 0. The molecule has 3 fully saturated rings. The van der Waals surface area contributed by atoms with E-state index in [2.05, 4.69) is 27.7 Å². The van der Waals surface area contributed by atoms with Crippen LogP contribution in [0.4, 0.5) is 14.0 Å². The number of hydrogen-bond acceptors (Lipinski definition) is 8. The normalized spacial score (nSPS) is 28.8. The van der Waals surface area contributed by atoms with Crippen LogP contribution >= 0.6 is 0 Å². The van der Waals surface area contributed by atoms with Crippen LogP contribution in [0.25, 0.3) is 0 Å². The van der Waals surface area contributed by atoms with Crippen molar-refractivity contribution in [1.82, 2.24) is 25.3 Å². The number of halogens is 1. The maximum Gasteiger partial charge on any atom is 0.410 e. The standard InChI is InChI=1S/C40H56FN5O7/c1-39(2,3)53-37(50)43-32-16-9-6-4-5-8-14-28-22-40(28,36(49)42-17-20-44-18-10-7-11-19-44)23-34(47)33-21-29(25-46(33)35(32)48)52-38(51)45-24-27-13-12-15-31(41)30(27)26-45/h8,12-15,28-29,32-33H,4-7,9-11,16-26H2,1-3H3,(H,42,49)(H,43,50)/b14-8-/t28-,29-,32+,33+,40-/m1/s1. The first kappa shape index (κ1) is 38.7. The molecule has 53 heavy (non-hydrogen) atoms. The van der Waals surface area contributed by atoms with Crippen LogP contribution in [0, 0.1) is 17.2 Å². The Balaban J connectivity index is 1.21. The van der Waals surface area contributed by atoms with Crippen molar-refractivity contribution in [3.05, 3.63) is 47.3 Å². The third kappa shape index (κ3) is 9.57. The number of likely N-dealkylation sites (tertiary alicyclic amines) is 1. The number of piperidine rings is 1. The molecule has 1 saturated carbocycles. The van der Waals surface area contributed by atoms with E-state index in [0.29, 0.717) is 36.9 Å². The summed E-state index contributed by atoms with van der Waals surface area (Å²) in [5.41, 5.74) is -0.558. The lowest BCUT2D eigenvalue weighted by atomic mass is 9.91. The van der Waals surface area contributed by atoms with Crippen molar-refractivity contribution >= 4 is 29.8 Å². The molecule has 0 aromatic heterocycles. The van der Waals surface area contributed by atoms with E-state index in [0.717, 1.165) is 51.7 Å². The Morgan fingerprint density at radius 3 is 2.55 bits per heavy atom. The zero-order chi connectivity index (χ0) is 37.8. The number of nitrogens with one attached hydrogen (secondary N) is 2. The van der Waals surface area contributed by atoms with Gasteiger partial charge in [0.25, 0.3) is 0 Å². The van der Waals surface area contributed by atoms with Gasteiger partial charge in [-0.3, -0.25) is 19.3 Å². The fraction of sp³-hybridized carbons (Fsp3) is 0.675. The minimum atomic E-state index is -0.968. The lowest BCUT2D eigenvalue weighted by Crippen LogP contribution is -2.53. The van der Waals surface area contributed by atoms with Crippen LogP contribution in [0.5, 0.6) is 0 Å². The average molecular weight is 738 g/mol. The second kappa shape index (κ2) is 16.6. The van der Waals surface area contributed by atoms with Crippen molar-refractivity contribution in [1.29, 1.82) is 0 Å². The Morgan fingerprint density at radius 2 is 1.79 bits per heavy atom. The molecule has 4 aliphatic heterocycles.